The van der Waals surface area contributed by atoms with Gasteiger partial charge in [0.2, 0.25) is 0 Å². The average Bonchev–Trinajstić information content (AvgIpc) is 2.67. The maximum atomic E-state index is 11.0. The van der Waals surface area contributed by atoms with Crippen LogP contribution in [0.1, 0.15) is 24.1 Å². The van der Waals surface area contributed by atoms with Crippen LogP contribution in [-0.2, 0) is 11.3 Å². The lowest BCUT2D eigenvalue weighted by Gasteiger charge is -2.33. The fraction of sp³-hybridized carbons (Fsp3) is 0.316. The molecule has 3 rings (SSSR count). The minimum atomic E-state index is -0.610. The van der Waals surface area contributed by atoms with Crippen molar-refractivity contribution in [2.45, 2.75) is 25.4 Å². The van der Waals surface area contributed by atoms with Crippen molar-refractivity contribution < 1.29 is 10.0 Å². The van der Waals surface area contributed by atoms with Crippen molar-refractivity contribution in [3.63, 3.8) is 0 Å². The first-order chi connectivity index (χ1) is 13.1. The average molecular weight is 388 g/mol. The molecule has 2 heterocycles. The molecule has 1 aromatic heterocycles. The van der Waals surface area contributed by atoms with Gasteiger partial charge in [0.05, 0.1) is 18.1 Å². The number of rotatable bonds is 6. The van der Waals surface area contributed by atoms with E-state index in [-0.39, 0.29) is 0 Å². The Morgan fingerprint density at radius 3 is 3.00 bits per heavy atom. The van der Waals surface area contributed by atoms with Crippen LogP contribution in [0.15, 0.2) is 42.7 Å². The van der Waals surface area contributed by atoms with Gasteiger partial charge in [-0.15, -0.1) is 0 Å². The number of amides is 1. The van der Waals surface area contributed by atoms with Gasteiger partial charge >= 0.3 is 0 Å². The van der Waals surface area contributed by atoms with E-state index < -0.39 is 5.91 Å². The Morgan fingerprint density at radius 1 is 1.37 bits per heavy atom. The summed E-state index contributed by atoms with van der Waals surface area (Å²) in [5.74, 6) is 0.0920. The van der Waals surface area contributed by atoms with E-state index in [1.807, 2.05) is 18.2 Å². The lowest BCUT2D eigenvalue weighted by molar-refractivity contribution is -0.124. The molecule has 27 heavy (non-hydrogen) atoms. The molecular formula is C19H22ClN5O2. The van der Waals surface area contributed by atoms with E-state index in [0.29, 0.717) is 17.6 Å². The number of benzene rings is 1. The number of halogens is 1. The molecule has 1 aliphatic heterocycles. The Kier molecular flexibility index (Phi) is 6.75. The maximum absolute atomic E-state index is 11.0. The minimum Gasteiger partial charge on any atom is -0.365 e. The molecule has 142 valence electrons. The molecule has 0 spiro atoms. The zero-order valence-electron chi connectivity index (χ0n) is 14.8. The van der Waals surface area contributed by atoms with Crippen molar-refractivity contribution in [3.8, 4) is 0 Å². The molecule has 1 saturated heterocycles. The van der Waals surface area contributed by atoms with Gasteiger partial charge in [-0.1, -0.05) is 23.7 Å². The number of hydrogen-bond acceptors (Lipinski definition) is 6. The molecule has 2 aromatic rings. The van der Waals surface area contributed by atoms with Crippen molar-refractivity contribution in [2.75, 3.05) is 18.4 Å². The summed E-state index contributed by atoms with van der Waals surface area (Å²) < 4.78 is 0. The molecule has 1 atom stereocenters. The van der Waals surface area contributed by atoms with Crippen molar-refractivity contribution in [1.82, 2.24) is 20.3 Å². The maximum Gasteiger partial charge on any atom is 0.267 e. The number of carbonyl (C=O) groups excluding carboxylic acids is 1. The molecular weight excluding hydrogens is 366 g/mol. The van der Waals surface area contributed by atoms with E-state index >= 15 is 0 Å². The van der Waals surface area contributed by atoms with E-state index in [4.69, 9.17) is 16.8 Å². The van der Waals surface area contributed by atoms with Crippen molar-refractivity contribution >= 4 is 29.4 Å². The highest BCUT2D eigenvalue weighted by molar-refractivity contribution is 6.30. The van der Waals surface area contributed by atoms with Gasteiger partial charge in [0.15, 0.2) is 0 Å². The smallest absolute Gasteiger partial charge is 0.267 e. The van der Waals surface area contributed by atoms with Crippen LogP contribution in [0.25, 0.3) is 6.08 Å². The first-order valence-electron chi connectivity index (χ1n) is 8.80. The number of piperidine rings is 1. The quantitative estimate of drug-likeness (QED) is 0.401. The van der Waals surface area contributed by atoms with Crippen LogP contribution in [0.2, 0.25) is 5.02 Å². The Labute approximate surface area is 163 Å². The van der Waals surface area contributed by atoms with Crippen LogP contribution in [-0.4, -0.2) is 45.1 Å². The summed E-state index contributed by atoms with van der Waals surface area (Å²) in [4.78, 5) is 22.0. The van der Waals surface area contributed by atoms with Gasteiger partial charge in [-0.25, -0.2) is 10.5 Å². The molecule has 7 nitrogen and oxygen atoms in total. The highest BCUT2D eigenvalue weighted by Crippen LogP contribution is 2.18. The molecule has 0 aliphatic carbocycles. The second-order valence-corrected chi connectivity index (χ2v) is 6.92. The fourth-order valence-corrected chi connectivity index (χ4v) is 3.33. The second kappa shape index (κ2) is 9.45. The predicted octanol–water partition coefficient (Wildman–Crippen LogP) is 2.73. The summed E-state index contributed by atoms with van der Waals surface area (Å²) in [6.07, 6.45) is 8.08. The van der Waals surface area contributed by atoms with Gasteiger partial charge in [0.1, 0.15) is 5.82 Å². The molecule has 0 bridgehead atoms. The topological polar surface area (TPSA) is 90.4 Å². The number of hydrogen-bond donors (Lipinski definition) is 3. The van der Waals surface area contributed by atoms with E-state index in [2.05, 4.69) is 26.3 Å². The zero-order valence-corrected chi connectivity index (χ0v) is 15.6. The van der Waals surface area contributed by atoms with Crippen LogP contribution >= 0.6 is 11.6 Å². The standard InChI is InChI=1S/C19H22ClN5O2/c20-15-4-1-3-14(9-15)12-25-8-2-5-17(13-25)23-18-11-21-16(10-22-18)6-7-19(26)24-27/h1,3-4,6-7,9-11,17,27H,2,5,8,12-13H2,(H,22,23)(H,24,26)/t17-/m1/s1. The lowest BCUT2D eigenvalue weighted by atomic mass is 10.0. The number of nitrogens with zero attached hydrogens (tertiary/aromatic N) is 3. The highest BCUT2D eigenvalue weighted by Gasteiger charge is 2.20. The van der Waals surface area contributed by atoms with E-state index in [0.717, 1.165) is 37.5 Å². The number of hydroxylamine groups is 1. The van der Waals surface area contributed by atoms with Crippen molar-refractivity contribution in [3.05, 3.63) is 59.0 Å². The molecule has 3 N–H and O–H groups in total. The van der Waals surface area contributed by atoms with Gasteiger partial charge < -0.3 is 5.32 Å². The minimum absolute atomic E-state index is 0.300. The number of anilines is 1. The first kappa shape index (κ1) is 19.3. The normalized spacial score (nSPS) is 17.8. The van der Waals surface area contributed by atoms with Crippen LogP contribution in [0, 0.1) is 0 Å². The number of carbonyl (C=O) groups is 1. The molecule has 0 unspecified atom stereocenters. The lowest BCUT2D eigenvalue weighted by Crippen LogP contribution is -2.41. The third-order valence-electron chi connectivity index (χ3n) is 4.34. The van der Waals surface area contributed by atoms with Crippen LogP contribution in [0.5, 0.6) is 0 Å². The number of aromatic nitrogens is 2. The monoisotopic (exact) mass is 387 g/mol. The number of nitrogens with one attached hydrogen (secondary N) is 2. The summed E-state index contributed by atoms with van der Waals surface area (Å²) >= 11 is 6.07. The Hall–Kier alpha value is -2.48. The summed E-state index contributed by atoms with van der Waals surface area (Å²) in [6, 6.07) is 8.27. The third-order valence-corrected chi connectivity index (χ3v) is 4.58. The molecule has 0 saturated carbocycles. The zero-order chi connectivity index (χ0) is 19.1. The first-order valence-corrected chi connectivity index (χ1v) is 9.18. The summed E-state index contributed by atoms with van der Waals surface area (Å²) in [6.45, 7) is 2.86. The van der Waals surface area contributed by atoms with Gasteiger partial charge in [0, 0.05) is 30.2 Å². The Balaban J connectivity index is 1.54. The highest BCUT2D eigenvalue weighted by atomic mass is 35.5. The van der Waals surface area contributed by atoms with Gasteiger partial charge in [-0.05, 0) is 43.2 Å². The largest absolute Gasteiger partial charge is 0.365 e. The molecule has 1 aromatic carbocycles. The van der Waals surface area contributed by atoms with Gasteiger partial charge in [0.25, 0.3) is 5.91 Å². The molecule has 8 heteroatoms. The van der Waals surface area contributed by atoms with Gasteiger partial charge in [-0.2, -0.15) is 0 Å². The summed E-state index contributed by atoms with van der Waals surface area (Å²) in [7, 11) is 0. The third kappa shape index (κ3) is 6.02. The van der Waals surface area contributed by atoms with Crippen molar-refractivity contribution in [1.29, 1.82) is 0 Å². The van der Waals surface area contributed by atoms with Crippen LogP contribution in [0.3, 0.4) is 0 Å². The molecule has 1 amide bonds. The SMILES string of the molecule is O=C(C=Cc1cnc(N[C@@H]2CCCN(Cc3cccc(Cl)c3)C2)cn1)NO. The van der Waals surface area contributed by atoms with Gasteiger partial charge in [-0.3, -0.25) is 19.9 Å². The van der Waals surface area contributed by atoms with E-state index in [1.165, 1.54) is 23.2 Å². The fourth-order valence-electron chi connectivity index (χ4n) is 3.12. The Bertz CT molecular complexity index is 797. The van der Waals surface area contributed by atoms with E-state index in [9.17, 15) is 4.79 Å². The molecule has 1 aliphatic rings. The van der Waals surface area contributed by atoms with Crippen LogP contribution in [0.4, 0.5) is 5.82 Å². The predicted molar refractivity (Wildman–Crippen MR) is 104 cm³/mol. The van der Waals surface area contributed by atoms with Crippen molar-refractivity contribution in [2.24, 2.45) is 0 Å². The van der Waals surface area contributed by atoms with E-state index in [1.54, 1.807) is 12.4 Å². The summed E-state index contributed by atoms with van der Waals surface area (Å²) in [5.41, 5.74) is 3.28. The Morgan fingerprint density at radius 2 is 2.26 bits per heavy atom. The van der Waals surface area contributed by atoms with Crippen LogP contribution < -0.4 is 10.8 Å². The molecule has 0 radical (unpaired) electrons. The second-order valence-electron chi connectivity index (χ2n) is 6.48. The molecule has 1 fully saturated rings. The summed E-state index contributed by atoms with van der Waals surface area (Å²) in [5, 5.41) is 12.7. The number of likely N-dealkylation sites (tertiary alicyclic amines) is 1.